The average molecular weight is 216 g/mol. The number of hydrogen-bond donors (Lipinski definition) is 3. The van der Waals surface area contributed by atoms with Gasteiger partial charge in [0.1, 0.15) is 0 Å². The van der Waals surface area contributed by atoms with Crippen LogP contribution in [0.3, 0.4) is 0 Å². The normalized spacial score (nSPS) is 12.5. The summed E-state index contributed by atoms with van der Waals surface area (Å²) >= 11 is 0. The van der Waals surface area contributed by atoms with E-state index in [0.717, 1.165) is 25.8 Å². The highest BCUT2D eigenvalue weighted by Crippen LogP contribution is 2.05. The minimum Gasteiger partial charge on any atom is -0.396 e. The SMILES string of the molecule is CCCNCC(=O)NCC(CC)CCO. The van der Waals surface area contributed by atoms with Crippen molar-refractivity contribution in [3.63, 3.8) is 0 Å². The maximum atomic E-state index is 11.3. The minimum atomic E-state index is 0.0415. The molecule has 0 fully saturated rings. The predicted molar refractivity (Wildman–Crippen MR) is 61.7 cm³/mol. The lowest BCUT2D eigenvalue weighted by Crippen LogP contribution is -2.36. The molecule has 0 aliphatic carbocycles. The zero-order valence-corrected chi connectivity index (χ0v) is 9.88. The molecule has 0 bridgehead atoms. The third kappa shape index (κ3) is 8.39. The molecule has 4 nitrogen and oxygen atoms in total. The molecule has 0 aliphatic heterocycles. The van der Waals surface area contributed by atoms with Gasteiger partial charge in [-0.1, -0.05) is 20.3 Å². The van der Waals surface area contributed by atoms with Crippen LogP contribution in [-0.2, 0) is 4.79 Å². The van der Waals surface area contributed by atoms with Crippen molar-refractivity contribution in [2.75, 3.05) is 26.2 Å². The molecule has 4 heteroatoms. The summed E-state index contributed by atoms with van der Waals surface area (Å²) in [4.78, 5) is 11.3. The second kappa shape index (κ2) is 9.93. The summed E-state index contributed by atoms with van der Waals surface area (Å²) in [6, 6.07) is 0. The van der Waals surface area contributed by atoms with Crippen LogP contribution in [0.4, 0.5) is 0 Å². The van der Waals surface area contributed by atoms with Crippen molar-refractivity contribution in [1.82, 2.24) is 10.6 Å². The number of aliphatic hydroxyl groups excluding tert-OH is 1. The number of carbonyl (C=O) groups is 1. The molecular weight excluding hydrogens is 192 g/mol. The maximum absolute atomic E-state index is 11.3. The van der Waals surface area contributed by atoms with Gasteiger partial charge in [0, 0.05) is 13.2 Å². The Labute approximate surface area is 92.4 Å². The highest BCUT2D eigenvalue weighted by molar-refractivity contribution is 5.77. The molecule has 0 saturated heterocycles. The number of nitrogens with one attached hydrogen (secondary N) is 2. The van der Waals surface area contributed by atoms with E-state index in [1.807, 2.05) is 0 Å². The molecular formula is C11H24N2O2. The van der Waals surface area contributed by atoms with Gasteiger partial charge >= 0.3 is 0 Å². The highest BCUT2D eigenvalue weighted by Gasteiger charge is 2.07. The number of aliphatic hydroxyl groups is 1. The van der Waals surface area contributed by atoms with E-state index in [1.165, 1.54) is 0 Å². The summed E-state index contributed by atoms with van der Waals surface area (Å²) in [7, 11) is 0. The van der Waals surface area contributed by atoms with Gasteiger partial charge in [-0.15, -0.1) is 0 Å². The van der Waals surface area contributed by atoms with Crippen LogP contribution in [-0.4, -0.2) is 37.3 Å². The first kappa shape index (κ1) is 14.4. The van der Waals surface area contributed by atoms with Crippen LogP contribution >= 0.6 is 0 Å². The second-order valence-electron chi connectivity index (χ2n) is 3.77. The fraction of sp³-hybridized carbons (Fsp3) is 0.909. The second-order valence-corrected chi connectivity index (χ2v) is 3.77. The van der Waals surface area contributed by atoms with Crippen molar-refractivity contribution in [2.45, 2.75) is 33.1 Å². The van der Waals surface area contributed by atoms with Gasteiger partial charge in [0.05, 0.1) is 6.54 Å². The molecule has 90 valence electrons. The van der Waals surface area contributed by atoms with Crippen molar-refractivity contribution in [2.24, 2.45) is 5.92 Å². The first-order valence-electron chi connectivity index (χ1n) is 5.82. The standard InChI is InChI=1S/C11H24N2O2/c1-3-6-12-9-11(15)13-8-10(4-2)5-7-14/h10,12,14H,3-9H2,1-2H3,(H,13,15). The van der Waals surface area contributed by atoms with Gasteiger partial charge in [0.2, 0.25) is 5.91 Å². The molecule has 0 heterocycles. The minimum absolute atomic E-state index is 0.0415. The molecule has 15 heavy (non-hydrogen) atoms. The van der Waals surface area contributed by atoms with Crippen molar-refractivity contribution < 1.29 is 9.90 Å². The van der Waals surface area contributed by atoms with Gasteiger partial charge in [-0.25, -0.2) is 0 Å². The molecule has 0 aromatic carbocycles. The zero-order valence-electron chi connectivity index (χ0n) is 9.88. The Morgan fingerprint density at radius 1 is 1.40 bits per heavy atom. The van der Waals surface area contributed by atoms with Gasteiger partial charge in [-0.2, -0.15) is 0 Å². The van der Waals surface area contributed by atoms with Gasteiger partial charge in [0.15, 0.2) is 0 Å². The summed E-state index contributed by atoms with van der Waals surface area (Å²) in [5.74, 6) is 0.435. The highest BCUT2D eigenvalue weighted by atomic mass is 16.3. The third-order valence-electron chi connectivity index (χ3n) is 2.41. The van der Waals surface area contributed by atoms with E-state index in [2.05, 4.69) is 24.5 Å². The van der Waals surface area contributed by atoms with Gasteiger partial charge in [-0.3, -0.25) is 4.79 Å². The number of hydrogen-bond acceptors (Lipinski definition) is 3. The largest absolute Gasteiger partial charge is 0.396 e. The van der Waals surface area contributed by atoms with E-state index in [4.69, 9.17) is 5.11 Å². The monoisotopic (exact) mass is 216 g/mol. The molecule has 0 radical (unpaired) electrons. The van der Waals surface area contributed by atoms with Crippen LogP contribution < -0.4 is 10.6 Å². The Hall–Kier alpha value is -0.610. The topological polar surface area (TPSA) is 61.4 Å². The third-order valence-corrected chi connectivity index (χ3v) is 2.41. The lowest BCUT2D eigenvalue weighted by Gasteiger charge is -2.14. The van der Waals surface area contributed by atoms with E-state index in [1.54, 1.807) is 0 Å². The molecule has 0 aromatic rings. The van der Waals surface area contributed by atoms with E-state index in [-0.39, 0.29) is 12.5 Å². The quantitative estimate of drug-likeness (QED) is 0.492. The van der Waals surface area contributed by atoms with E-state index < -0.39 is 0 Å². The fourth-order valence-corrected chi connectivity index (χ4v) is 1.33. The van der Waals surface area contributed by atoms with Crippen LogP contribution in [0.5, 0.6) is 0 Å². The first-order chi connectivity index (χ1) is 7.24. The molecule has 1 unspecified atom stereocenters. The summed E-state index contributed by atoms with van der Waals surface area (Å²) in [5, 5.41) is 14.7. The van der Waals surface area contributed by atoms with Crippen molar-refractivity contribution in [1.29, 1.82) is 0 Å². The van der Waals surface area contributed by atoms with Gasteiger partial charge < -0.3 is 15.7 Å². The summed E-state index contributed by atoms with van der Waals surface area (Å²) in [5.41, 5.74) is 0. The van der Waals surface area contributed by atoms with Crippen LogP contribution in [0, 0.1) is 5.92 Å². The van der Waals surface area contributed by atoms with Crippen LogP contribution in [0.1, 0.15) is 33.1 Å². The predicted octanol–water partition coefficient (Wildman–Crippen LogP) is 0.511. The van der Waals surface area contributed by atoms with Crippen LogP contribution in [0.2, 0.25) is 0 Å². The molecule has 0 spiro atoms. The van der Waals surface area contributed by atoms with Crippen LogP contribution in [0.15, 0.2) is 0 Å². The number of carbonyl (C=O) groups excluding carboxylic acids is 1. The lowest BCUT2D eigenvalue weighted by atomic mass is 10.0. The fourth-order valence-electron chi connectivity index (χ4n) is 1.33. The lowest BCUT2D eigenvalue weighted by molar-refractivity contribution is -0.120. The Morgan fingerprint density at radius 2 is 2.13 bits per heavy atom. The summed E-state index contributed by atoms with van der Waals surface area (Å²) in [6.45, 7) is 6.28. The molecule has 1 amide bonds. The van der Waals surface area contributed by atoms with Crippen molar-refractivity contribution in [3.05, 3.63) is 0 Å². The van der Waals surface area contributed by atoms with E-state index in [0.29, 0.717) is 19.0 Å². The number of rotatable bonds is 9. The Bertz CT molecular complexity index is 163. The summed E-state index contributed by atoms with van der Waals surface area (Å²) < 4.78 is 0. The Kier molecular flexibility index (Phi) is 9.52. The molecule has 3 N–H and O–H groups in total. The first-order valence-corrected chi connectivity index (χ1v) is 5.82. The Balaban J connectivity index is 3.50. The molecule has 0 aliphatic rings. The summed E-state index contributed by atoms with van der Waals surface area (Å²) in [6.07, 6.45) is 2.79. The zero-order chi connectivity index (χ0) is 11.5. The van der Waals surface area contributed by atoms with Crippen molar-refractivity contribution >= 4 is 5.91 Å². The van der Waals surface area contributed by atoms with Crippen molar-refractivity contribution in [3.8, 4) is 0 Å². The molecule has 0 aromatic heterocycles. The van der Waals surface area contributed by atoms with Gasteiger partial charge in [-0.05, 0) is 25.3 Å². The van der Waals surface area contributed by atoms with E-state index in [9.17, 15) is 4.79 Å². The smallest absolute Gasteiger partial charge is 0.233 e. The average Bonchev–Trinajstić information content (AvgIpc) is 2.24. The molecule has 1 atom stereocenters. The molecule has 0 rings (SSSR count). The maximum Gasteiger partial charge on any atom is 0.233 e. The van der Waals surface area contributed by atoms with Gasteiger partial charge in [0.25, 0.3) is 0 Å². The Morgan fingerprint density at radius 3 is 2.67 bits per heavy atom. The van der Waals surface area contributed by atoms with E-state index >= 15 is 0 Å². The van der Waals surface area contributed by atoms with Crippen LogP contribution in [0.25, 0.3) is 0 Å². The molecule has 0 saturated carbocycles. The number of amides is 1.